The van der Waals surface area contributed by atoms with Gasteiger partial charge in [-0.05, 0) is 36.0 Å². The first-order valence-electron chi connectivity index (χ1n) is 8.03. The van der Waals surface area contributed by atoms with Crippen molar-refractivity contribution < 1.29 is 23.9 Å². The molecule has 0 aliphatic carbocycles. The molecule has 0 bridgehead atoms. The van der Waals surface area contributed by atoms with Crippen LogP contribution in [0.3, 0.4) is 0 Å². The number of phenols is 1. The fourth-order valence-corrected chi connectivity index (χ4v) is 3.32. The molecule has 6 nitrogen and oxygen atoms in total. The number of thioether (sulfide) groups is 1. The monoisotopic (exact) mass is 386 g/mol. The van der Waals surface area contributed by atoms with Gasteiger partial charge in [0.25, 0.3) is 17.1 Å². The van der Waals surface area contributed by atoms with Crippen molar-refractivity contribution in [2.75, 3.05) is 13.1 Å². The molecule has 3 amide bonds. The van der Waals surface area contributed by atoms with Gasteiger partial charge < -0.3 is 10.4 Å². The predicted octanol–water partition coefficient (Wildman–Crippen LogP) is 3.00. The number of hydrogen-bond acceptors (Lipinski definition) is 5. The number of para-hydroxylation sites is 1. The van der Waals surface area contributed by atoms with Crippen molar-refractivity contribution in [3.63, 3.8) is 0 Å². The normalized spacial score (nSPS) is 15.4. The molecule has 1 saturated heterocycles. The molecule has 0 aromatic heterocycles. The number of halogens is 1. The van der Waals surface area contributed by atoms with Crippen LogP contribution in [0.5, 0.6) is 5.75 Å². The van der Waals surface area contributed by atoms with Crippen LogP contribution in [0.25, 0.3) is 6.08 Å². The predicted molar refractivity (Wildman–Crippen MR) is 99.5 cm³/mol. The second-order valence-electron chi connectivity index (χ2n) is 5.63. The fraction of sp³-hybridized carbons (Fsp3) is 0.105. The summed E-state index contributed by atoms with van der Waals surface area (Å²) < 4.78 is 13.7. The van der Waals surface area contributed by atoms with E-state index >= 15 is 0 Å². The van der Waals surface area contributed by atoms with Gasteiger partial charge in [0.1, 0.15) is 11.6 Å². The number of carbonyl (C=O) groups is 3. The van der Waals surface area contributed by atoms with Gasteiger partial charge in [-0.2, -0.15) is 0 Å². The van der Waals surface area contributed by atoms with E-state index < -0.39 is 22.9 Å². The van der Waals surface area contributed by atoms with E-state index in [0.29, 0.717) is 0 Å². The van der Waals surface area contributed by atoms with E-state index in [4.69, 9.17) is 0 Å². The van der Waals surface area contributed by atoms with Crippen molar-refractivity contribution in [2.45, 2.75) is 0 Å². The molecule has 0 atom stereocenters. The number of rotatable bonds is 5. The van der Waals surface area contributed by atoms with Crippen molar-refractivity contribution in [3.8, 4) is 5.75 Å². The molecule has 2 aromatic carbocycles. The minimum absolute atomic E-state index is 0.0260. The van der Waals surface area contributed by atoms with Crippen LogP contribution >= 0.6 is 11.8 Å². The van der Waals surface area contributed by atoms with E-state index in [1.165, 1.54) is 36.4 Å². The average molecular weight is 386 g/mol. The van der Waals surface area contributed by atoms with Gasteiger partial charge in [-0.25, -0.2) is 4.39 Å². The summed E-state index contributed by atoms with van der Waals surface area (Å²) in [6.45, 7) is -0.00317. The molecular formula is C19H15FN2O4S. The second-order valence-corrected chi connectivity index (χ2v) is 6.62. The lowest BCUT2D eigenvalue weighted by molar-refractivity contribution is -0.122. The Morgan fingerprint density at radius 2 is 1.85 bits per heavy atom. The van der Waals surface area contributed by atoms with Gasteiger partial charge in [-0.1, -0.05) is 30.3 Å². The lowest BCUT2D eigenvalue weighted by Gasteiger charge is -2.13. The molecule has 0 radical (unpaired) electrons. The Kier molecular flexibility index (Phi) is 5.56. The van der Waals surface area contributed by atoms with Crippen LogP contribution in [-0.2, 0) is 4.79 Å². The van der Waals surface area contributed by atoms with Crippen LogP contribution in [-0.4, -0.2) is 40.1 Å². The number of phenolic OH excluding ortho intramolecular Hbond substituents is 1. The molecule has 3 rings (SSSR count). The average Bonchev–Trinajstić information content (AvgIpc) is 2.91. The summed E-state index contributed by atoms with van der Waals surface area (Å²) in [4.78, 5) is 37.6. The molecule has 1 aliphatic rings. The molecule has 0 spiro atoms. The van der Waals surface area contributed by atoms with Crippen molar-refractivity contribution in [1.82, 2.24) is 10.2 Å². The minimum atomic E-state index is -0.537. The zero-order valence-electron chi connectivity index (χ0n) is 14.0. The molecule has 27 heavy (non-hydrogen) atoms. The summed E-state index contributed by atoms with van der Waals surface area (Å²) in [5, 5.41) is 11.7. The van der Waals surface area contributed by atoms with Crippen LogP contribution in [0.1, 0.15) is 15.9 Å². The van der Waals surface area contributed by atoms with Crippen molar-refractivity contribution in [3.05, 3.63) is 70.4 Å². The Balaban J connectivity index is 1.62. The highest BCUT2D eigenvalue weighted by molar-refractivity contribution is 8.18. The van der Waals surface area contributed by atoms with Gasteiger partial charge in [0, 0.05) is 18.7 Å². The number of aromatic hydroxyl groups is 1. The van der Waals surface area contributed by atoms with Gasteiger partial charge in [0.15, 0.2) is 0 Å². The van der Waals surface area contributed by atoms with E-state index in [1.807, 2.05) is 0 Å². The third-order valence-electron chi connectivity index (χ3n) is 3.84. The first kappa shape index (κ1) is 18.7. The smallest absolute Gasteiger partial charge is 0.293 e. The summed E-state index contributed by atoms with van der Waals surface area (Å²) in [5.41, 5.74) is 0.321. The Hall–Kier alpha value is -3.13. The molecule has 2 aromatic rings. The molecule has 1 fully saturated rings. The third kappa shape index (κ3) is 4.17. The number of nitrogens with one attached hydrogen (secondary N) is 1. The maximum absolute atomic E-state index is 13.7. The number of carbonyl (C=O) groups excluding carboxylic acids is 3. The van der Waals surface area contributed by atoms with Crippen LogP contribution in [0.15, 0.2) is 53.4 Å². The lowest BCUT2D eigenvalue weighted by atomic mass is 10.2. The number of nitrogens with zero attached hydrogens (tertiary/aromatic N) is 1. The molecule has 8 heteroatoms. The summed E-state index contributed by atoms with van der Waals surface area (Å²) in [5.74, 6) is -1.69. The highest BCUT2D eigenvalue weighted by Crippen LogP contribution is 2.32. The van der Waals surface area contributed by atoms with Gasteiger partial charge in [-0.3, -0.25) is 19.3 Å². The maximum atomic E-state index is 13.7. The zero-order valence-corrected chi connectivity index (χ0v) is 14.8. The molecule has 1 heterocycles. The summed E-state index contributed by atoms with van der Waals surface area (Å²) in [6, 6.07) is 12.0. The molecule has 2 N–H and O–H groups in total. The Morgan fingerprint density at radius 1 is 1.15 bits per heavy atom. The number of hydrogen-bond donors (Lipinski definition) is 2. The van der Waals surface area contributed by atoms with E-state index in [0.717, 1.165) is 16.7 Å². The quantitative estimate of drug-likeness (QED) is 0.772. The highest BCUT2D eigenvalue weighted by atomic mass is 32.2. The SMILES string of the molecule is O=C(NCCN1C(=O)SC(=Cc2ccccc2F)C1=O)c1ccccc1O. The lowest BCUT2D eigenvalue weighted by Crippen LogP contribution is -2.37. The van der Waals surface area contributed by atoms with E-state index in [-0.39, 0.29) is 34.9 Å². The van der Waals surface area contributed by atoms with Gasteiger partial charge in [-0.15, -0.1) is 0 Å². The fourth-order valence-electron chi connectivity index (χ4n) is 2.47. The van der Waals surface area contributed by atoms with Gasteiger partial charge in [0.05, 0.1) is 10.5 Å². The molecule has 1 aliphatic heterocycles. The topological polar surface area (TPSA) is 86.7 Å². The summed E-state index contributed by atoms with van der Waals surface area (Å²) in [6.07, 6.45) is 1.33. The Bertz CT molecular complexity index is 945. The number of benzene rings is 2. The second kappa shape index (κ2) is 8.05. The minimum Gasteiger partial charge on any atom is -0.507 e. The highest BCUT2D eigenvalue weighted by Gasteiger charge is 2.34. The van der Waals surface area contributed by atoms with Crippen LogP contribution < -0.4 is 5.32 Å². The summed E-state index contributed by atoms with van der Waals surface area (Å²) in [7, 11) is 0. The number of amides is 3. The summed E-state index contributed by atoms with van der Waals surface area (Å²) >= 11 is 0.722. The van der Waals surface area contributed by atoms with Gasteiger partial charge >= 0.3 is 0 Å². The standard InChI is InChI=1S/C19H15FN2O4S/c20-14-7-3-1-5-12(14)11-16-18(25)22(19(26)27-16)10-9-21-17(24)13-6-2-4-8-15(13)23/h1-8,11,23H,9-10H2,(H,21,24). The van der Waals surface area contributed by atoms with E-state index in [9.17, 15) is 23.9 Å². The first-order valence-corrected chi connectivity index (χ1v) is 8.85. The van der Waals surface area contributed by atoms with Crippen molar-refractivity contribution in [1.29, 1.82) is 0 Å². The van der Waals surface area contributed by atoms with Crippen LogP contribution in [0.4, 0.5) is 9.18 Å². The molecular weight excluding hydrogens is 371 g/mol. The van der Waals surface area contributed by atoms with E-state index in [1.54, 1.807) is 18.2 Å². The molecule has 138 valence electrons. The maximum Gasteiger partial charge on any atom is 0.293 e. The van der Waals surface area contributed by atoms with Crippen LogP contribution in [0, 0.1) is 5.82 Å². The third-order valence-corrected chi connectivity index (χ3v) is 4.74. The largest absolute Gasteiger partial charge is 0.507 e. The first-order chi connectivity index (χ1) is 13.0. The zero-order chi connectivity index (χ0) is 19.4. The molecule has 0 saturated carbocycles. The van der Waals surface area contributed by atoms with Crippen LogP contribution in [0.2, 0.25) is 0 Å². The number of imide groups is 1. The van der Waals surface area contributed by atoms with E-state index in [2.05, 4.69) is 5.32 Å². The van der Waals surface area contributed by atoms with Gasteiger partial charge in [0.2, 0.25) is 0 Å². The Morgan fingerprint density at radius 3 is 2.59 bits per heavy atom. The van der Waals surface area contributed by atoms with Crippen molar-refractivity contribution in [2.24, 2.45) is 0 Å². The Labute approximate surface area is 158 Å². The van der Waals surface area contributed by atoms with Crippen molar-refractivity contribution >= 4 is 34.9 Å². The molecule has 0 unspecified atom stereocenters.